The molecular formula is C15H16ClNO2. The fourth-order valence-corrected chi connectivity index (χ4v) is 3.22. The third-order valence-electron chi connectivity index (χ3n) is 3.91. The number of benzene rings is 1. The quantitative estimate of drug-likeness (QED) is 0.834. The summed E-state index contributed by atoms with van der Waals surface area (Å²) >= 11 is 6.17. The number of hydrogen-bond acceptors (Lipinski definition) is 3. The van der Waals surface area contributed by atoms with E-state index in [1.807, 2.05) is 12.1 Å². The van der Waals surface area contributed by atoms with E-state index < -0.39 is 5.41 Å². The van der Waals surface area contributed by atoms with Crippen molar-refractivity contribution in [2.75, 3.05) is 19.8 Å². The lowest BCUT2D eigenvalue weighted by molar-refractivity contribution is 0.0221. The third-order valence-corrected chi connectivity index (χ3v) is 4.13. The van der Waals surface area contributed by atoms with Gasteiger partial charge in [0.25, 0.3) is 0 Å². The predicted molar refractivity (Wildman–Crippen MR) is 72.5 cm³/mol. The maximum atomic E-state index is 9.52. The van der Waals surface area contributed by atoms with Gasteiger partial charge < -0.3 is 9.47 Å². The molecule has 1 saturated heterocycles. The van der Waals surface area contributed by atoms with Crippen LogP contribution in [0.25, 0.3) is 0 Å². The van der Waals surface area contributed by atoms with E-state index in [1.165, 1.54) is 0 Å². The monoisotopic (exact) mass is 277 g/mol. The molecule has 1 unspecified atom stereocenters. The van der Waals surface area contributed by atoms with E-state index in [9.17, 15) is 5.26 Å². The molecular weight excluding hydrogens is 262 g/mol. The Hall–Kier alpha value is -1.24. The molecule has 0 bridgehead atoms. The van der Waals surface area contributed by atoms with Gasteiger partial charge in [-0.05, 0) is 42.5 Å². The Morgan fingerprint density at radius 2 is 2.26 bits per heavy atom. The number of halogens is 1. The molecule has 1 aromatic carbocycles. The summed E-state index contributed by atoms with van der Waals surface area (Å²) in [6.45, 7) is 1.97. The molecule has 1 atom stereocenters. The molecule has 0 aliphatic carbocycles. The highest BCUT2D eigenvalue weighted by Crippen LogP contribution is 2.39. The maximum absolute atomic E-state index is 9.52. The molecule has 19 heavy (non-hydrogen) atoms. The van der Waals surface area contributed by atoms with Crippen molar-refractivity contribution >= 4 is 11.6 Å². The van der Waals surface area contributed by atoms with E-state index in [0.29, 0.717) is 19.6 Å². The first-order chi connectivity index (χ1) is 9.22. The molecule has 1 aromatic rings. The minimum Gasteiger partial charge on any atom is -0.493 e. The number of ether oxygens (including phenoxy) is 2. The molecule has 100 valence electrons. The van der Waals surface area contributed by atoms with Gasteiger partial charge in [-0.15, -0.1) is 0 Å². The van der Waals surface area contributed by atoms with Crippen LogP contribution >= 0.6 is 11.6 Å². The molecule has 2 aliphatic heterocycles. The van der Waals surface area contributed by atoms with E-state index in [-0.39, 0.29) is 0 Å². The van der Waals surface area contributed by atoms with Crippen molar-refractivity contribution in [1.29, 1.82) is 5.26 Å². The maximum Gasteiger partial charge on any atom is 0.125 e. The summed E-state index contributed by atoms with van der Waals surface area (Å²) < 4.78 is 11.2. The van der Waals surface area contributed by atoms with Gasteiger partial charge in [-0.3, -0.25) is 0 Å². The first-order valence-electron chi connectivity index (χ1n) is 6.66. The minimum absolute atomic E-state index is 0.428. The fraction of sp³-hybridized carbons (Fsp3) is 0.533. The van der Waals surface area contributed by atoms with E-state index in [1.54, 1.807) is 0 Å². The number of hydrogen-bond donors (Lipinski definition) is 0. The Labute approximate surface area is 118 Å². The van der Waals surface area contributed by atoms with Crippen LogP contribution in [-0.4, -0.2) is 19.8 Å². The van der Waals surface area contributed by atoms with Gasteiger partial charge in [0.2, 0.25) is 0 Å². The molecule has 2 aliphatic rings. The van der Waals surface area contributed by atoms with Crippen LogP contribution in [0.4, 0.5) is 0 Å². The van der Waals surface area contributed by atoms with Gasteiger partial charge in [-0.25, -0.2) is 0 Å². The van der Waals surface area contributed by atoms with Crippen molar-refractivity contribution in [2.45, 2.75) is 25.7 Å². The highest BCUT2D eigenvalue weighted by Gasteiger charge is 2.35. The van der Waals surface area contributed by atoms with Gasteiger partial charge in [0, 0.05) is 18.1 Å². The molecule has 0 amide bonds. The topological polar surface area (TPSA) is 42.2 Å². The van der Waals surface area contributed by atoms with Crippen LogP contribution in [0.1, 0.15) is 24.0 Å². The molecule has 0 N–H and O–H groups in total. The molecule has 3 rings (SSSR count). The average Bonchev–Trinajstić information content (AvgIpc) is 2.88. The zero-order chi connectivity index (χ0) is 13.3. The lowest BCUT2D eigenvalue weighted by Gasteiger charge is -2.31. The van der Waals surface area contributed by atoms with Crippen LogP contribution in [0.5, 0.6) is 5.75 Å². The summed E-state index contributed by atoms with van der Waals surface area (Å²) in [6.07, 6.45) is 3.38. The van der Waals surface area contributed by atoms with Crippen molar-refractivity contribution in [2.24, 2.45) is 5.41 Å². The third kappa shape index (κ3) is 2.43. The summed E-state index contributed by atoms with van der Waals surface area (Å²) in [6, 6.07) is 6.34. The summed E-state index contributed by atoms with van der Waals surface area (Å²) in [5.74, 6) is 0.935. The van der Waals surface area contributed by atoms with Gasteiger partial charge in [0.05, 0.1) is 24.7 Å². The highest BCUT2D eigenvalue weighted by molar-refractivity contribution is 6.30. The van der Waals surface area contributed by atoms with Crippen molar-refractivity contribution in [3.8, 4) is 11.8 Å². The molecule has 0 aromatic heterocycles. The minimum atomic E-state index is -0.428. The SMILES string of the molecule is N#CC1(Cc2cc(Cl)cc3c2OCC3)CCCOC1. The molecule has 1 fully saturated rings. The lowest BCUT2D eigenvalue weighted by Crippen LogP contribution is -2.32. The van der Waals surface area contributed by atoms with Crippen molar-refractivity contribution < 1.29 is 9.47 Å². The second-order valence-corrected chi connectivity index (χ2v) is 5.81. The van der Waals surface area contributed by atoms with Crippen LogP contribution in [0, 0.1) is 16.7 Å². The first-order valence-corrected chi connectivity index (χ1v) is 7.03. The number of nitrogens with zero attached hydrogens (tertiary/aromatic N) is 1. The fourth-order valence-electron chi connectivity index (χ4n) is 2.96. The zero-order valence-corrected chi connectivity index (χ0v) is 11.5. The second-order valence-electron chi connectivity index (χ2n) is 5.38. The summed E-state index contributed by atoms with van der Waals surface area (Å²) in [5.41, 5.74) is 1.78. The van der Waals surface area contributed by atoms with E-state index in [0.717, 1.165) is 47.8 Å². The van der Waals surface area contributed by atoms with E-state index in [4.69, 9.17) is 21.1 Å². The van der Waals surface area contributed by atoms with Crippen LogP contribution in [0.2, 0.25) is 5.02 Å². The Bertz CT molecular complexity index is 530. The Morgan fingerprint density at radius 3 is 3.00 bits per heavy atom. The van der Waals surface area contributed by atoms with Gasteiger partial charge in [0.1, 0.15) is 5.75 Å². The Morgan fingerprint density at radius 1 is 1.37 bits per heavy atom. The van der Waals surface area contributed by atoms with Gasteiger partial charge in [-0.1, -0.05) is 11.6 Å². The molecule has 3 nitrogen and oxygen atoms in total. The predicted octanol–water partition coefficient (Wildman–Crippen LogP) is 3.14. The van der Waals surface area contributed by atoms with Gasteiger partial charge in [-0.2, -0.15) is 5.26 Å². The average molecular weight is 278 g/mol. The number of fused-ring (bicyclic) bond motifs is 1. The standard InChI is InChI=1S/C15H16ClNO2/c16-13-6-11-2-5-19-14(11)12(7-13)8-15(9-17)3-1-4-18-10-15/h6-7H,1-5,8,10H2. The van der Waals surface area contributed by atoms with Crippen LogP contribution in [-0.2, 0) is 17.6 Å². The second kappa shape index (κ2) is 5.03. The molecule has 2 heterocycles. The molecule has 0 spiro atoms. The van der Waals surface area contributed by atoms with Crippen molar-refractivity contribution in [3.63, 3.8) is 0 Å². The van der Waals surface area contributed by atoms with Crippen LogP contribution in [0.3, 0.4) is 0 Å². The Balaban J connectivity index is 1.93. The van der Waals surface area contributed by atoms with Gasteiger partial charge >= 0.3 is 0 Å². The summed E-state index contributed by atoms with van der Waals surface area (Å²) in [4.78, 5) is 0. The van der Waals surface area contributed by atoms with Crippen molar-refractivity contribution in [1.82, 2.24) is 0 Å². The highest BCUT2D eigenvalue weighted by atomic mass is 35.5. The van der Waals surface area contributed by atoms with Gasteiger partial charge in [0.15, 0.2) is 0 Å². The van der Waals surface area contributed by atoms with E-state index in [2.05, 4.69) is 6.07 Å². The summed E-state index contributed by atoms with van der Waals surface area (Å²) in [7, 11) is 0. The summed E-state index contributed by atoms with van der Waals surface area (Å²) in [5, 5.41) is 10.2. The zero-order valence-electron chi connectivity index (χ0n) is 10.7. The normalized spacial score (nSPS) is 25.5. The Kier molecular flexibility index (Phi) is 3.38. The van der Waals surface area contributed by atoms with Crippen LogP contribution < -0.4 is 4.74 Å². The van der Waals surface area contributed by atoms with Crippen molar-refractivity contribution in [3.05, 3.63) is 28.3 Å². The van der Waals surface area contributed by atoms with E-state index >= 15 is 0 Å². The first kappa shape index (κ1) is 12.8. The largest absolute Gasteiger partial charge is 0.493 e. The smallest absolute Gasteiger partial charge is 0.125 e. The molecule has 0 radical (unpaired) electrons. The molecule has 4 heteroatoms. The molecule has 0 saturated carbocycles. The van der Waals surface area contributed by atoms with Crippen LogP contribution in [0.15, 0.2) is 12.1 Å². The number of rotatable bonds is 2. The lowest BCUT2D eigenvalue weighted by atomic mass is 9.78. The number of nitriles is 1.